The van der Waals surface area contributed by atoms with Gasteiger partial charge in [0.2, 0.25) is 5.91 Å². The van der Waals surface area contributed by atoms with Crippen LogP contribution in [0.2, 0.25) is 0 Å². The summed E-state index contributed by atoms with van der Waals surface area (Å²) < 4.78 is 65.0. The van der Waals surface area contributed by atoms with Crippen molar-refractivity contribution in [3.05, 3.63) is 106 Å². The number of hydrogen-bond acceptors (Lipinski definition) is 5. The zero-order chi connectivity index (χ0) is 32.0. The van der Waals surface area contributed by atoms with Crippen LogP contribution >= 0.6 is 0 Å². The van der Waals surface area contributed by atoms with Crippen LogP contribution in [0.4, 0.5) is 17.6 Å². The normalized spacial score (nSPS) is 15.6. The van der Waals surface area contributed by atoms with Crippen molar-refractivity contribution in [3.8, 4) is 5.75 Å². The van der Waals surface area contributed by atoms with Crippen molar-refractivity contribution >= 4 is 23.5 Å². The molecule has 3 aromatic carbocycles. The van der Waals surface area contributed by atoms with Crippen molar-refractivity contribution in [2.24, 2.45) is 5.92 Å². The van der Waals surface area contributed by atoms with Crippen LogP contribution in [0.5, 0.6) is 5.75 Å². The van der Waals surface area contributed by atoms with Gasteiger partial charge in [-0.05, 0) is 43.4 Å². The molecule has 3 aromatic rings. The Bertz CT molecular complexity index is 1560. The molecule has 0 spiro atoms. The Labute approximate surface area is 288 Å². The number of benzene rings is 3. The minimum atomic E-state index is -3.41. The third-order valence-corrected chi connectivity index (χ3v) is 8.13. The second-order valence-corrected chi connectivity index (χ2v) is 11.0. The van der Waals surface area contributed by atoms with Gasteiger partial charge < -0.3 is 19.9 Å². The summed E-state index contributed by atoms with van der Waals surface area (Å²) in [5, 5.41) is 0. The smallest absolute Gasteiger partial charge is 0.870 e. The minimum absolute atomic E-state index is 0. The summed E-state index contributed by atoms with van der Waals surface area (Å²) in [6.07, 6.45) is 3.92. The van der Waals surface area contributed by atoms with Gasteiger partial charge >= 0.3 is 29.6 Å². The van der Waals surface area contributed by atoms with Crippen LogP contribution in [0.25, 0.3) is 5.57 Å². The van der Waals surface area contributed by atoms with Gasteiger partial charge in [0.15, 0.2) is 17.3 Å². The van der Waals surface area contributed by atoms with Gasteiger partial charge in [-0.2, -0.15) is 6.42 Å². The van der Waals surface area contributed by atoms with Crippen molar-refractivity contribution in [1.82, 2.24) is 4.90 Å². The topological polar surface area (TPSA) is 93.7 Å². The fraction of sp³-hybridized carbons (Fsp3) is 0.343. The van der Waals surface area contributed by atoms with Crippen molar-refractivity contribution in [3.63, 3.8) is 0 Å². The van der Waals surface area contributed by atoms with Crippen LogP contribution in [0.3, 0.4) is 0 Å². The Morgan fingerprint density at radius 1 is 0.978 bits per heavy atom. The second-order valence-electron chi connectivity index (χ2n) is 11.0. The number of ether oxygens (including phenoxy) is 1. The van der Waals surface area contributed by atoms with E-state index in [9.17, 15) is 23.2 Å². The van der Waals surface area contributed by atoms with Crippen molar-refractivity contribution in [2.45, 2.75) is 64.3 Å². The molecule has 1 aliphatic rings. The first-order valence-corrected chi connectivity index (χ1v) is 14.4. The molecule has 11 heteroatoms. The van der Waals surface area contributed by atoms with E-state index >= 15 is 8.78 Å². The molecule has 1 heterocycles. The molecule has 4 rings (SSSR count). The molecule has 0 bridgehead atoms. The summed E-state index contributed by atoms with van der Waals surface area (Å²) in [5.74, 6) is -8.18. The van der Waals surface area contributed by atoms with E-state index in [1.54, 1.807) is 0 Å². The van der Waals surface area contributed by atoms with Gasteiger partial charge in [-0.3, -0.25) is 15.9 Å². The van der Waals surface area contributed by atoms with Gasteiger partial charge in [0.05, 0.1) is 13.7 Å². The van der Waals surface area contributed by atoms with E-state index in [2.05, 4.69) is 0 Å². The maximum Gasteiger partial charge on any atom is 1.00 e. The molecule has 1 unspecified atom stereocenters. The van der Waals surface area contributed by atoms with Crippen LogP contribution in [0, 0.1) is 17.6 Å². The molecular weight excluding hydrogens is 613 g/mol. The SMILES string of the molecule is COc1cccc(C2=C(C)N(Cc3c(F)cccc3C(C)(F)F)C(=O)C(C[C@H](CCCC[C-]=O)c3ccccc3)C2=O)c1F.[Na+].[OH-]. The number of amides is 1. The summed E-state index contributed by atoms with van der Waals surface area (Å²) in [4.78, 5) is 40.2. The van der Waals surface area contributed by atoms with E-state index in [0.29, 0.717) is 26.2 Å². The fourth-order valence-electron chi connectivity index (χ4n) is 5.85. The Hall–Kier alpha value is -3.31. The number of allylic oxidation sites excluding steroid dienone is 2. The Morgan fingerprint density at radius 3 is 2.28 bits per heavy atom. The molecule has 0 radical (unpaired) electrons. The quantitative estimate of drug-likeness (QED) is 0.0880. The number of ketones is 1. The molecule has 2 atom stereocenters. The number of halogens is 4. The predicted molar refractivity (Wildman–Crippen MR) is 160 cm³/mol. The van der Waals surface area contributed by atoms with Crippen molar-refractivity contribution < 1.29 is 71.7 Å². The largest absolute Gasteiger partial charge is 1.00 e. The molecule has 46 heavy (non-hydrogen) atoms. The zero-order valence-corrected chi connectivity index (χ0v) is 28.3. The summed E-state index contributed by atoms with van der Waals surface area (Å²) in [5.41, 5.74) is -0.297. The number of rotatable bonds is 13. The summed E-state index contributed by atoms with van der Waals surface area (Å²) in [6.45, 7) is 1.48. The summed E-state index contributed by atoms with van der Waals surface area (Å²) in [7, 11) is 1.28. The van der Waals surface area contributed by atoms with Gasteiger partial charge in [0, 0.05) is 34.9 Å². The van der Waals surface area contributed by atoms with Crippen LogP contribution in [0.15, 0.2) is 72.4 Å². The van der Waals surface area contributed by atoms with E-state index in [4.69, 9.17) is 4.74 Å². The maximum absolute atomic E-state index is 15.6. The van der Waals surface area contributed by atoms with Crippen LogP contribution in [0.1, 0.15) is 74.1 Å². The van der Waals surface area contributed by atoms with Crippen LogP contribution in [-0.4, -0.2) is 35.5 Å². The molecule has 1 amide bonds. The Morgan fingerprint density at radius 2 is 1.65 bits per heavy atom. The van der Waals surface area contributed by atoms with E-state index in [1.807, 2.05) is 36.6 Å². The number of methoxy groups -OCH3 is 1. The second kappa shape index (κ2) is 17.0. The number of hydrogen-bond donors (Lipinski definition) is 0. The van der Waals surface area contributed by atoms with Gasteiger partial charge in [0.1, 0.15) is 11.7 Å². The van der Waals surface area contributed by atoms with Gasteiger partial charge in [-0.25, -0.2) is 17.6 Å². The standard InChI is InChI=1S/C35H34F4NO4.Na.H2O/c1-22-31(25-15-10-18-30(44-3)32(25)37)33(42)26(20-24(14-8-5-9-19-41)23-12-6-4-7-13-23)34(43)40(22)21-27-28(35(2,38)39)16-11-17-29(27)36;;/h4,6-7,10-13,15-18,24,26H,5,8-9,14,20-21H2,1-3H3;;1H2/q-1;+1;/p-1/t24-,26?;;/m0../s1. The first kappa shape index (κ1) is 38.9. The molecule has 1 N–H and O–H groups in total. The van der Waals surface area contributed by atoms with Crippen molar-refractivity contribution in [1.29, 1.82) is 0 Å². The van der Waals surface area contributed by atoms with E-state index in [1.165, 1.54) is 38.3 Å². The van der Waals surface area contributed by atoms with E-state index < -0.39 is 52.8 Å². The number of carbonyl (C=O) groups is 2. The third-order valence-electron chi connectivity index (χ3n) is 8.13. The van der Waals surface area contributed by atoms with Gasteiger partial charge in [0.25, 0.3) is 5.92 Å². The average molecular weight is 649 g/mol. The van der Waals surface area contributed by atoms with Gasteiger partial charge in [-0.1, -0.05) is 67.4 Å². The molecule has 0 aliphatic carbocycles. The van der Waals surface area contributed by atoms with Crippen LogP contribution < -0.4 is 34.3 Å². The number of alkyl halides is 2. The van der Waals surface area contributed by atoms with Crippen molar-refractivity contribution in [2.75, 3.05) is 7.11 Å². The number of nitrogens with zero attached hydrogens (tertiary/aromatic N) is 1. The predicted octanol–water partition coefficient (Wildman–Crippen LogP) is 4.72. The maximum atomic E-state index is 15.6. The Kier molecular flexibility index (Phi) is 14.4. The molecule has 1 aliphatic heterocycles. The molecule has 0 saturated carbocycles. The molecule has 0 aromatic heterocycles. The summed E-state index contributed by atoms with van der Waals surface area (Å²) in [6, 6.07) is 16.9. The first-order valence-electron chi connectivity index (χ1n) is 14.4. The monoisotopic (exact) mass is 648 g/mol. The number of unbranched alkanes of at least 4 members (excludes halogenated alkanes) is 2. The van der Waals surface area contributed by atoms with E-state index in [-0.39, 0.29) is 76.4 Å². The summed E-state index contributed by atoms with van der Waals surface area (Å²) >= 11 is 0. The van der Waals surface area contributed by atoms with Crippen LogP contribution in [-0.2, 0) is 26.9 Å². The molecule has 0 saturated heterocycles. The zero-order valence-electron chi connectivity index (χ0n) is 26.3. The number of carbonyl (C=O) groups excluding carboxylic acids is 3. The average Bonchev–Trinajstić information content (AvgIpc) is 3.00. The fourth-order valence-corrected chi connectivity index (χ4v) is 5.85. The Balaban J connectivity index is 0.00000368. The number of Topliss-reactive ketones (excluding diaryl/α,β-unsaturated/α-hetero) is 1. The first-order chi connectivity index (χ1) is 21.0. The van der Waals surface area contributed by atoms with E-state index in [0.717, 1.165) is 22.6 Å². The molecular formula is C35H35F4NNaO5-. The minimum Gasteiger partial charge on any atom is -0.870 e. The van der Waals surface area contributed by atoms with Gasteiger partial charge in [-0.15, -0.1) is 0 Å². The molecule has 240 valence electrons. The third kappa shape index (κ3) is 8.53. The molecule has 0 fully saturated rings. The molecule has 6 nitrogen and oxygen atoms in total.